The van der Waals surface area contributed by atoms with Crippen LogP contribution in [0.25, 0.3) is 0 Å². The number of amidine groups is 1. The van der Waals surface area contributed by atoms with Crippen LogP contribution in [0.4, 0.5) is 0 Å². The number of nitrogens with one attached hydrogen (secondary N) is 1. The van der Waals surface area contributed by atoms with E-state index in [1.54, 1.807) is 0 Å². The number of aliphatic imine (C=N–C) groups is 2. The molecule has 1 rings (SSSR count). The smallest absolute Gasteiger partial charge is 0.221 e. The molecule has 0 saturated heterocycles. The van der Waals surface area contributed by atoms with Crippen LogP contribution in [-0.4, -0.2) is 18.3 Å². The van der Waals surface area contributed by atoms with Crippen LogP contribution in [0, 0.1) is 0 Å². The predicted molar refractivity (Wildman–Crippen MR) is 28.7 cm³/mol. The maximum atomic E-state index is 5.30. The fraction of sp³-hybridized carbons (Fsp3) is 0.333. The normalized spacial score (nSPS) is 18.1. The molecule has 4 heteroatoms. The van der Waals surface area contributed by atoms with Crippen LogP contribution >= 0.6 is 11.6 Å². The summed E-state index contributed by atoms with van der Waals surface area (Å²) < 4.78 is 0. The lowest BCUT2D eigenvalue weighted by molar-refractivity contribution is 0.931. The highest BCUT2D eigenvalue weighted by atomic mass is 35.5. The second-order valence-corrected chi connectivity index (χ2v) is 1.32. The quantitative estimate of drug-likeness (QED) is 0.446. The van der Waals surface area contributed by atoms with Crippen molar-refractivity contribution in [1.82, 2.24) is 5.32 Å². The standard InChI is InChI=1S/C3H3ClN3/c4-3-6-1-5-2-7-3/h1H2,(H,5,6,7). The van der Waals surface area contributed by atoms with Crippen molar-refractivity contribution in [2.75, 3.05) is 6.67 Å². The molecule has 0 aliphatic carbocycles. The molecule has 0 amide bonds. The SMILES string of the molecule is ClC1=NCN[C]=N1. The van der Waals surface area contributed by atoms with Gasteiger partial charge in [0.05, 0.1) is 0 Å². The molecule has 1 heterocycles. The number of hydrogen-bond acceptors (Lipinski definition) is 3. The first-order chi connectivity index (χ1) is 3.39. The monoisotopic (exact) mass is 116 g/mol. The molecule has 0 atom stereocenters. The number of halogens is 1. The molecular formula is C3H3ClN3. The Morgan fingerprint density at radius 2 is 2.71 bits per heavy atom. The molecule has 3 nitrogen and oxygen atoms in total. The summed E-state index contributed by atoms with van der Waals surface area (Å²) in [7, 11) is 0. The van der Waals surface area contributed by atoms with Crippen molar-refractivity contribution in [3.8, 4) is 0 Å². The van der Waals surface area contributed by atoms with Crippen LogP contribution in [0.2, 0.25) is 0 Å². The number of nitrogens with zero attached hydrogens (tertiary/aromatic N) is 2. The Morgan fingerprint density at radius 1 is 1.86 bits per heavy atom. The van der Waals surface area contributed by atoms with Gasteiger partial charge in [-0.25, -0.2) is 4.99 Å². The number of rotatable bonds is 0. The summed E-state index contributed by atoms with van der Waals surface area (Å²) in [4.78, 5) is 7.16. The molecule has 1 radical (unpaired) electrons. The van der Waals surface area contributed by atoms with Gasteiger partial charge in [-0.15, -0.1) is 0 Å². The average molecular weight is 117 g/mol. The zero-order chi connectivity index (χ0) is 5.11. The molecule has 0 unspecified atom stereocenters. The molecule has 1 aliphatic rings. The van der Waals surface area contributed by atoms with E-state index >= 15 is 0 Å². The van der Waals surface area contributed by atoms with Gasteiger partial charge in [0.15, 0.2) is 6.34 Å². The first-order valence-corrected chi connectivity index (χ1v) is 2.16. The molecule has 0 fully saturated rings. The minimum absolute atomic E-state index is 0.263. The lowest BCUT2D eigenvalue weighted by Gasteiger charge is -1.96. The van der Waals surface area contributed by atoms with Gasteiger partial charge in [0, 0.05) is 0 Å². The zero-order valence-electron chi connectivity index (χ0n) is 3.48. The van der Waals surface area contributed by atoms with Crippen LogP contribution in [0.5, 0.6) is 0 Å². The minimum Gasteiger partial charge on any atom is -0.348 e. The van der Waals surface area contributed by atoms with Gasteiger partial charge >= 0.3 is 0 Å². The lowest BCUT2D eigenvalue weighted by atomic mass is 10.9. The summed E-state index contributed by atoms with van der Waals surface area (Å²) in [5, 5.41) is 2.89. The van der Waals surface area contributed by atoms with Gasteiger partial charge in [-0.05, 0) is 11.6 Å². The highest BCUT2D eigenvalue weighted by Crippen LogP contribution is 1.87. The molecular weight excluding hydrogens is 114 g/mol. The van der Waals surface area contributed by atoms with E-state index in [1.165, 1.54) is 0 Å². The first-order valence-electron chi connectivity index (χ1n) is 1.78. The third-order valence-corrected chi connectivity index (χ3v) is 0.720. The van der Waals surface area contributed by atoms with Gasteiger partial charge in [-0.3, -0.25) is 0 Å². The second kappa shape index (κ2) is 1.93. The minimum atomic E-state index is 0.263. The van der Waals surface area contributed by atoms with Gasteiger partial charge in [-0.1, -0.05) is 0 Å². The molecule has 1 N–H and O–H groups in total. The van der Waals surface area contributed by atoms with Crippen LogP contribution < -0.4 is 5.32 Å². The van der Waals surface area contributed by atoms with Gasteiger partial charge in [-0.2, -0.15) is 4.99 Å². The summed E-state index contributed by atoms with van der Waals surface area (Å²) in [5.74, 6) is 0. The van der Waals surface area contributed by atoms with Gasteiger partial charge in [0.25, 0.3) is 0 Å². The third kappa shape index (κ3) is 1.16. The summed E-state index contributed by atoms with van der Waals surface area (Å²) in [5.41, 5.74) is 0. The molecule has 37 valence electrons. The number of hydrogen-bond donors (Lipinski definition) is 1. The van der Waals surface area contributed by atoms with Crippen LogP contribution in [-0.2, 0) is 0 Å². The molecule has 0 spiro atoms. The Labute approximate surface area is 46.1 Å². The Hall–Kier alpha value is -0.570. The molecule has 0 bridgehead atoms. The summed E-state index contributed by atoms with van der Waals surface area (Å²) in [6, 6.07) is 0. The fourth-order valence-corrected chi connectivity index (χ4v) is 0.363. The van der Waals surface area contributed by atoms with E-state index in [1.807, 2.05) is 0 Å². The third-order valence-electron chi connectivity index (χ3n) is 0.516. The van der Waals surface area contributed by atoms with E-state index in [0.29, 0.717) is 6.67 Å². The first kappa shape index (κ1) is 4.59. The average Bonchev–Trinajstić information content (AvgIpc) is 1.69. The maximum Gasteiger partial charge on any atom is 0.221 e. The van der Waals surface area contributed by atoms with Crippen molar-refractivity contribution >= 4 is 23.2 Å². The van der Waals surface area contributed by atoms with Crippen molar-refractivity contribution < 1.29 is 0 Å². The van der Waals surface area contributed by atoms with Gasteiger partial charge in [0.1, 0.15) is 6.67 Å². The Bertz CT molecular complexity index is 117. The molecule has 0 aromatic heterocycles. The Morgan fingerprint density at radius 3 is 3.00 bits per heavy atom. The van der Waals surface area contributed by atoms with E-state index < -0.39 is 0 Å². The highest BCUT2D eigenvalue weighted by Gasteiger charge is 1.90. The summed E-state index contributed by atoms with van der Waals surface area (Å²) >= 11 is 5.30. The Kier molecular flexibility index (Phi) is 1.26. The van der Waals surface area contributed by atoms with Crippen molar-refractivity contribution in [3.63, 3.8) is 0 Å². The van der Waals surface area contributed by atoms with Crippen molar-refractivity contribution in [3.05, 3.63) is 0 Å². The molecule has 1 aliphatic heterocycles. The molecule has 0 aromatic carbocycles. The van der Waals surface area contributed by atoms with Gasteiger partial charge in [0.2, 0.25) is 5.29 Å². The Balaban J connectivity index is 2.58. The predicted octanol–water partition coefficient (Wildman–Crippen LogP) is 0.0472. The van der Waals surface area contributed by atoms with Gasteiger partial charge < -0.3 is 5.32 Å². The molecule has 0 aromatic rings. The molecule has 7 heavy (non-hydrogen) atoms. The zero-order valence-corrected chi connectivity index (χ0v) is 4.24. The lowest BCUT2D eigenvalue weighted by Crippen LogP contribution is -2.15. The van der Waals surface area contributed by atoms with Crippen molar-refractivity contribution in [1.29, 1.82) is 0 Å². The van der Waals surface area contributed by atoms with Crippen LogP contribution in [0.3, 0.4) is 0 Å². The van der Waals surface area contributed by atoms with Crippen LogP contribution in [0.15, 0.2) is 9.98 Å². The van der Waals surface area contributed by atoms with Crippen molar-refractivity contribution in [2.24, 2.45) is 9.98 Å². The maximum absolute atomic E-state index is 5.30. The fourth-order valence-electron chi connectivity index (χ4n) is 0.261. The van der Waals surface area contributed by atoms with Crippen LogP contribution in [0.1, 0.15) is 0 Å². The van der Waals surface area contributed by atoms with E-state index in [0.717, 1.165) is 0 Å². The summed E-state index contributed by atoms with van der Waals surface area (Å²) in [6.45, 7) is 0.488. The van der Waals surface area contributed by atoms with E-state index in [4.69, 9.17) is 11.6 Å². The van der Waals surface area contributed by atoms with E-state index in [9.17, 15) is 0 Å². The highest BCUT2D eigenvalue weighted by molar-refractivity contribution is 6.65. The van der Waals surface area contributed by atoms with E-state index in [2.05, 4.69) is 21.6 Å². The molecule has 0 saturated carbocycles. The van der Waals surface area contributed by atoms with E-state index in [-0.39, 0.29) is 5.29 Å². The largest absolute Gasteiger partial charge is 0.348 e. The topological polar surface area (TPSA) is 36.8 Å². The summed E-state index contributed by atoms with van der Waals surface area (Å²) in [6.07, 6.45) is 2.45. The second-order valence-electron chi connectivity index (χ2n) is 0.986. The van der Waals surface area contributed by atoms with Crippen molar-refractivity contribution in [2.45, 2.75) is 0 Å².